The van der Waals surface area contributed by atoms with Gasteiger partial charge in [0.2, 0.25) is 5.91 Å². The van der Waals surface area contributed by atoms with Crippen molar-refractivity contribution in [2.24, 2.45) is 7.05 Å². The quantitative estimate of drug-likeness (QED) is 0.827. The van der Waals surface area contributed by atoms with Gasteiger partial charge in [-0.2, -0.15) is 5.10 Å². The van der Waals surface area contributed by atoms with E-state index in [-0.39, 0.29) is 11.9 Å². The van der Waals surface area contributed by atoms with Gasteiger partial charge in [0.15, 0.2) is 0 Å². The molecule has 0 aliphatic heterocycles. The minimum absolute atomic E-state index is 0.112. The van der Waals surface area contributed by atoms with Gasteiger partial charge in [-0.25, -0.2) is 0 Å². The van der Waals surface area contributed by atoms with Gasteiger partial charge in [0.05, 0.1) is 12.2 Å². The number of nitrogens with zero attached hydrogens (tertiary/aromatic N) is 3. The molecule has 0 bridgehead atoms. The number of hydrogen-bond acceptors (Lipinski definition) is 3. The average molecular weight is 238 g/mol. The van der Waals surface area contributed by atoms with E-state index in [1.807, 2.05) is 41.1 Å². The number of likely N-dealkylation sites (N-methyl/N-ethyl adjacent to an activating group) is 1. The summed E-state index contributed by atoms with van der Waals surface area (Å²) in [5, 5.41) is 7.52. The van der Waals surface area contributed by atoms with Gasteiger partial charge in [-0.05, 0) is 20.8 Å². The van der Waals surface area contributed by atoms with Crippen LogP contribution in [0.4, 0.5) is 0 Å². The number of rotatable bonds is 5. The molecular formula is C12H22N4O. The number of aromatic nitrogens is 2. The summed E-state index contributed by atoms with van der Waals surface area (Å²) < 4.78 is 1.79. The molecule has 0 saturated heterocycles. The molecule has 1 heterocycles. The van der Waals surface area contributed by atoms with E-state index in [0.717, 1.165) is 17.8 Å². The van der Waals surface area contributed by atoms with Gasteiger partial charge in [0, 0.05) is 38.4 Å². The summed E-state index contributed by atoms with van der Waals surface area (Å²) in [6.45, 7) is 7.09. The fraction of sp³-hybridized carbons (Fsp3) is 0.667. The summed E-state index contributed by atoms with van der Waals surface area (Å²) in [5.41, 5.74) is 2.14. The second-order valence-electron chi connectivity index (χ2n) is 4.35. The smallest absolute Gasteiger partial charge is 0.236 e. The predicted octanol–water partition coefficient (Wildman–Crippen LogP) is 0.857. The second-order valence-corrected chi connectivity index (χ2v) is 4.35. The number of nitrogens with one attached hydrogen (secondary N) is 1. The first-order chi connectivity index (χ1) is 7.95. The fourth-order valence-electron chi connectivity index (χ4n) is 1.70. The number of amides is 1. The maximum absolute atomic E-state index is 11.6. The molecule has 1 atom stereocenters. The molecule has 0 aliphatic carbocycles. The number of carbonyl (C=O) groups is 1. The lowest BCUT2D eigenvalue weighted by Crippen LogP contribution is -2.36. The van der Waals surface area contributed by atoms with E-state index >= 15 is 0 Å². The van der Waals surface area contributed by atoms with Crippen LogP contribution in [0.5, 0.6) is 0 Å². The lowest BCUT2D eigenvalue weighted by atomic mass is 10.1. The van der Waals surface area contributed by atoms with Gasteiger partial charge in [-0.1, -0.05) is 0 Å². The Morgan fingerprint density at radius 3 is 2.76 bits per heavy atom. The molecule has 5 heteroatoms. The van der Waals surface area contributed by atoms with Crippen LogP contribution in [0.3, 0.4) is 0 Å². The van der Waals surface area contributed by atoms with E-state index < -0.39 is 0 Å². The summed E-state index contributed by atoms with van der Waals surface area (Å²) in [6, 6.07) is 0.137. The lowest BCUT2D eigenvalue weighted by Gasteiger charge is -2.17. The highest BCUT2D eigenvalue weighted by molar-refractivity contribution is 5.77. The van der Waals surface area contributed by atoms with Crippen molar-refractivity contribution in [1.29, 1.82) is 0 Å². The van der Waals surface area contributed by atoms with Crippen LogP contribution in [-0.2, 0) is 11.8 Å². The van der Waals surface area contributed by atoms with Gasteiger partial charge in [0.25, 0.3) is 0 Å². The minimum atomic E-state index is 0.112. The molecule has 1 aromatic rings. The molecule has 5 nitrogen and oxygen atoms in total. The Labute approximate surface area is 103 Å². The summed E-state index contributed by atoms with van der Waals surface area (Å²) in [6.07, 6.45) is 1.99. The molecule has 1 aromatic heterocycles. The third kappa shape index (κ3) is 3.56. The van der Waals surface area contributed by atoms with E-state index in [4.69, 9.17) is 0 Å². The zero-order valence-corrected chi connectivity index (χ0v) is 11.3. The summed E-state index contributed by atoms with van der Waals surface area (Å²) in [5.74, 6) is 0.112. The van der Waals surface area contributed by atoms with Crippen LogP contribution >= 0.6 is 0 Å². The highest BCUT2D eigenvalue weighted by Crippen LogP contribution is 2.14. The highest BCUT2D eigenvalue weighted by Gasteiger charge is 2.13. The summed E-state index contributed by atoms with van der Waals surface area (Å²) >= 11 is 0. The highest BCUT2D eigenvalue weighted by atomic mass is 16.2. The molecule has 0 fully saturated rings. The van der Waals surface area contributed by atoms with Crippen molar-refractivity contribution in [2.75, 3.05) is 20.1 Å². The number of aryl methyl sites for hydroxylation is 2. The van der Waals surface area contributed by atoms with Crippen LogP contribution in [0, 0.1) is 6.92 Å². The minimum Gasteiger partial charge on any atom is -0.345 e. The van der Waals surface area contributed by atoms with Crippen molar-refractivity contribution in [3.8, 4) is 0 Å². The molecule has 17 heavy (non-hydrogen) atoms. The van der Waals surface area contributed by atoms with Crippen molar-refractivity contribution >= 4 is 5.91 Å². The Kier molecular flexibility index (Phi) is 4.69. The molecule has 1 rings (SSSR count). The Balaban J connectivity index is 2.53. The van der Waals surface area contributed by atoms with Crippen molar-refractivity contribution in [1.82, 2.24) is 20.0 Å². The molecule has 1 N–H and O–H groups in total. The fourth-order valence-corrected chi connectivity index (χ4v) is 1.70. The first kappa shape index (κ1) is 13.7. The average Bonchev–Trinajstić information content (AvgIpc) is 2.63. The molecule has 0 saturated carbocycles. The number of carbonyl (C=O) groups excluding carboxylic acids is 1. The molecule has 1 unspecified atom stereocenters. The number of hydrogen-bond donors (Lipinski definition) is 1. The summed E-state index contributed by atoms with van der Waals surface area (Å²) in [4.78, 5) is 13.3. The van der Waals surface area contributed by atoms with E-state index in [1.165, 1.54) is 0 Å². The zero-order valence-electron chi connectivity index (χ0n) is 11.3. The van der Waals surface area contributed by atoms with Crippen molar-refractivity contribution in [3.63, 3.8) is 0 Å². The van der Waals surface area contributed by atoms with Gasteiger partial charge >= 0.3 is 0 Å². The third-order valence-electron chi connectivity index (χ3n) is 2.98. The maximum Gasteiger partial charge on any atom is 0.236 e. The monoisotopic (exact) mass is 238 g/mol. The first-order valence-electron chi connectivity index (χ1n) is 5.93. The maximum atomic E-state index is 11.6. The van der Waals surface area contributed by atoms with Gasteiger partial charge < -0.3 is 10.2 Å². The Morgan fingerprint density at radius 1 is 1.65 bits per heavy atom. The van der Waals surface area contributed by atoms with E-state index in [9.17, 15) is 4.79 Å². The van der Waals surface area contributed by atoms with Crippen LogP contribution in [0.1, 0.15) is 31.1 Å². The standard InChI is InChI=1S/C12H22N4O/c1-6-15(4)12(17)7-13-9(2)11-8-16(5)14-10(11)3/h8-9,13H,6-7H2,1-5H3. The van der Waals surface area contributed by atoms with E-state index in [1.54, 1.807) is 9.58 Å². The van der Waals surface area contributed by atoms with Crippen LogP contribution in [0.25, 0.3) is 0 Å². The van der Waals surface area contributed by atoms with Crippen LogP contribution in [0.15, 0.2) is 6.20 Å². The SMILES string of the molecule is CCN(C)C(=O)CNC(C)c1cn(C)nc1C. The third-order valence-corrected chi connectivity index (χ3v) is 2.98. The molecule has 96 valence electrons. The van der Waals surface area contributed by atoms with Crippen molar-refractivity contribution in [3.05, 3.63) is 17.5 Å². The molecule has 0 aliphatic rings. The first-order valence-corrected chi connectivity index (χ1v) is 5.93. The predicted molar refractivity (Wildman–Crippen MR) is 67.7 cm³/mol. The molecule has 0 spiro atoms. The topological polar surface area (TPSA) is 50.2 Å². The summed E-state index contributed by atoms with van der Waals surface area (Å²) in [7, 11) is 3.71. The van der Waals surface area contributed by atoms with Crippen molar-refractivity contribution < 1.29 is 4.79 Å². The normalized spacial score (nSPS) is 12.5. The van der Waals surface area contributed by atoms with Gasteiger partial charge in [-0.3, -0.25) is 9.48 Å². The lowest BCUT2D eigenvalue weighted by molar-refractivity contribution is -0.128. The van der Waals surface area contributed by atoms with Crippen LogP contribution < -0.4 is 5.32 Å². The van der Waals surface area contributed by atoms with Crippen LogP contribution in [0.2, 0.25) is 0 Å². The Hall–Kier alpha value is -1.36. The Bertz CT molecular complexity index is 386. The Morgan fingerprint density at radius 2 is 2.29 bits per heavy atom. The van der Waals surface area contributed by atoms with E-state index in [0.29, 0.717) is 6.54 Å². The van der Waals surface area contributed by atoms with Gasteiger partial charge in [0.1, 0.15) is 0 Å². The van der Waals surface area contributed by atoms with E-state index in [2.05, 4.69) is 10.4 Å². The van der Waals surface area contributed by atoms with Gasteiger partial charge in [-0.15, -0.1) is 0 Å². The largest absolute Gasteiger partial charge is 0.345 e. The molecule has 0 aromatic carbocycles. The zero-order chi connectivity index (χ0) is 13.0. The second kappa shape index (κ2) is 5.82. The molecular weight excluding hydrogens is 216 g/mol. The molecule has 0 radical (unpaired) electrons. The molecule has 1 amide bonds. The van der Waals surface area contributed by atoms with Crippen molar-refractivity contribution in [2.45, 2.75) is 26.8 Å². The van der Waals surface area contributed by atoms with Crippen LogP contribution in [-0.4, -0.2) is 40.7 Å².